The molecule has 4 aliphatic rings. The third-order valence-electron chi connectivity index (χ3n) is 7.89. The van der Waals surface area contributed by atoms with Crippen LogP contribution in [0.1, 0.15) is 52.4 Å². The van der Waals surface area contributed by atoms with Gasteiger partial charge in [-0.15, -0.1) is 0 Å². The van der Waals surface area contributed by atoms with Crippen LogP contribution in [0.2, 0.25) is 0 Å². The lowest BCUT2D eigenvalue weighted by Gasteiger charge is -2.56. The molecule has 23 heavy (non-hydrogen) atoms. The van der Waals surface area contributed by atoms with E-state index in [1.807, 2.05) is 6.92 Å². The topological polar surface area (TPSA) is 77.8 Å². The minimum atomic E-state index is -0.715. The lowest BCUT2D eigenvalue weighted by Crippen LogP contribution is -2.54. The van der Waals surface area contributed by atoms with Crippen LogP contribution in [-0.4, -0.2) is 39.4 Å². The van der Waals surface area contributed by atoms with Gasteiger partial charge in [-0.05, 0) is 67.3 Å². The fourth-order valence-corrected chi connectivity index (χ4v) is 6.38. The normalized spacial score (nSPS) is 55.7. The molecule has 0 bridgehead atoms. The van der Waals surface area contributed by atoms with Crippen molar-refractivity contribution < 1.29 is 20.1 Å². The average molecular weight is 320 g/mol. The quantitative estimate of drug-likeness (QED) is 0.636. The summed E-state index contributed by atoms with van der Waals surface area (Å²) in [5, 5.41) is 30.6. The Morgan fingerprint density at radius 1 is 1.09 bits per heavy atom. The van der Waals surface area contributed by atoms with Crippen molar-refractivity contribution in [2.45, 2.75) is 70.7 Å². The maximum absolute atomic E-state index is 12.9. The largest absolute Gasteiger partial charge is 0.393 e. The molecular weight excluding hydrogens is 292 g/mol. The number of allylic oxidation sites excluding steroid dienone is 1. The first kappa shape index (κ1) is 15.8. The van der Waals surface area contributed by atoms with Crippen molar-refractivity contribution in [1.82, 2.24) is 0 Å². The van der Waals surface area contributed by atoms with Crippen LogP contribution in [0.15, 0.2) is 11.6 Å². The summed E-state index contributed by atoms with van der Waals surface area (Å²) in [4.78, 5) is 12.9. The zero-order valence-electron chi connectivity index (χ0n) is 14.0. The smallest absolute Gasteiger partial charge is 0.159 e. The molecule has 8 atom stereocenters. The second-order valence-electron chi connectivity index (χ2n) is 8.92. The molecule has 3 N–H and O–H groups in total. The van der Waals surface area contributed by atoms with Crippen LogP contribution in [0.5, 0.6) is 0 Å². The molecule has 4 rings (SSSR count). The first-order valence-corrected chi connectivity index (χ1v) is 9.06. The predicted octanol–water partition coefficient (Wildman–Crippen LogP) is 1.82. The zero-order chi connectivity index (χ0) is 16.6. The van der Waals surface area contributed by atoms with Gasteiger partial charge in [0.15, 0.2) is 5.78 Å². The van der Waals surface area contributed by atoms with E-state index < -0.39 is 12.2 Å². The molecule has 0 radical (unpaired) electrons. The molecule has 0 spiro atoms. The minimum Gasteiger partial charge on any atom is -0.393 e. The molecule has 3 unspecified atom stereocenters. The first-order chi connectivity index (χ1) is 10.8. The number of rotatable bonds is 0. The van der Waals surface area contributed by atoms with Gasteiger partial charge in [0.25, 0.3) is 0 Å². The summed E-state index contributed by atoms with van der Waals surface area (Å²) in [7, 11) is 0. The van der Waals surface area contributed by atoms with Crippen LogP contribution in [0.25, 0.3) is 0 Å². The molecule has 3 saturated carbocycles. The Morgan fingerprint density at radius 3 is 2.57 bits per heavy atom. The Labute approximate surface area is 137 Å². The Morgan fingerprint density at radius 2 is 1.83 bits per heavy atom. The predicted molar refractivity (Wildman–Crippen MR) is 85.5 cm³/mol. The van der Waals surface area contributed by atoms with E-state index in [0.29, 0.717) is 12.8 Å². The molecule has 0 aromatic rings. The van der Waals surface area contributed by atoms with Crippen molar-refractivity contribution >= 4 is 5.78 Å². The van der Waals surface area contributed by atoms with Crippen LogP contribution >= 0.6 is 0 Å². The van der Waals surface area contributed by atoms with E-state index >= 15 is 0 Å². The number of carbonyl (C=O) groups is 1. The van der Waals surface area contributed by atoms with Crippen molar-refractivity contribution in [3.05, 3.63) is 11.6 Å². The van der Waals surface area contributed by atoms with E-state index in [-0.39, 0.29) is 40.5 Å². The van der Waals surface area contributed by atoms with Crippen molar-refractivity contribution in [1.29, 1.82) is 0 Å². The molecular formula is C19H28O4. The van der Waals surface area contributed by atoms with Gasteiger partial charge in [0.05, 0.1) is 18.3 Å². The van der Waals surface area contributed by atoms with Gasteiger partial charge in [-0.2, -0.15) is 0 Å². The van der Waals surface area contributed by atoms with Gasteiger partial charge in [0.2, 0.25) is 0 Å². The van der Waals surface area contributed by atoms with E-state index in [1.165, 1.54) is 0 Å². The molecule has 0 aromatic carbocycles. The number of hydrogen-bond donors (Lipinski definition) is 3. The SMILES string of the molecule is C[C@]12CCC(O)CC1=CC(=O)[C@@H]1[C@H]2CC[C@]2(C)C(O)C(O)C[C@@H]12. The molecule has 4 aliphatic carbocycles. The molecule has 4 nitrogen and oxygen atoms in total. The Bertz CT molecular complexity index is 570. The first-order valence-electron chi connectivity index (χ1n) is 9.06. The van der Waals surface area contributed by atoms with E-state index in [2.05, 4.69) is 6.92 Å². The number of aliphatic hydroxyl groups is 3. The minimum absolute atomic E-state index is 0.00235. The summed E-state index contributed by atoms with van der Waals surface area (Å²) in [6, 6.07) is 0. The van der Waals surface area contributed by atoms with Crippen LogP contribution in [0.3, 0.4) is 0 Å². The van der Waals surface area contributed by atoms with Crippen LogP contribution in [0, 0.1) is 28.6 Å². The van der Waals surface area contributed by atoms with Crippen molar-refractivity contribution in [2.24, 2.45) is 28.6 Å². The number of carbonyl (C=O) groups excluding carboxylic acids is 1. The monoisotopic (exact) mass is 320 g/mol. The van der Waals surface area contributed by atoms with E-state index in [1.54, 1.807) is 6.08 Å². The highest BCUT2D eigenvalue weighted by Crippen LogP contribution is 2.64. The standard InChI is InChI=1S/C19H28O4/c1-18-5-3-11(20)7-10(18)8-14(21)16-12(18)4-6-19(2)13(16)9-15(22)17(19)23/h8,11-13,15-17,20,22-23H,3-7,9H2,1-2H3/t11?,12-,13+,15?,16-,17?,18+,19+/m1/s1. The van der Waals surface area contributed by atoms with Crippen LogP contribution in [-0.2, 0) is 4.79 Å². The number of hydrogen-bond acceptors (Lipinski definition) is 4. The second-order valence-corrected chi connectivity index (χ2v) is 8.92. The fourth-order valence-electron chi connectivity index (χ4n) is 6.38. The highest BCUT2D eigenvalue weighted by Gasteiger charge is 2.62. The lowest BCUT2D eigenvalue weighted by molar-refractivity contribution is -0.136. The van der Waals surface area contributed by atoms with Gasteiger partial charge in [-0.25, -0.2) is 0 Å². The number of fused-ring (bicyclic) bond motifs is 5. The van der Waals surface area contributed by atoms with E-state index in [9.17, 15) is 20.1 Å². The lowest BCUT2D eigenvalue weighted by atomic mass is 9.47. The second kappa shape index (κ2) is 4.90. The Balaban J connectivity index is 1.75. The fraction of sp³-hybridized carbons (Fsp3) is 0.842. The summed E-state index contributed by atoms with van der Waals surface area (Å²) < 4.78 is 0. The van der Waals surface area contributed by atoms with E-state index in [0.717, 1.165) is 31.3 Å². The molecule has 0 heterocycles. The molecule has 3 fully saturated rings. The summed E-state index contributed by atoms with van der Waals surface area (Å²) in [6.07, 6.45) is 4.75. The molecule has 0 aliphatic heterocycles. The number of aliphatic hydroxyl groups excluding tert-OH is 3. The van der Waals surface area contributed by atoms with Gasteiger partial charge in [0.1, 0.15) is 0 Å². The average Bonchev–Trinajstić information content (AvgIpc) is 2.73. The maximum atomic E-state index is 12.9. The van der Waals surface area contributed by atoms with Crippen LogP contribution in [0.4, 0.5) is 0 Å². The highest BCUT2D eigenvalue weighted by atomic mass is 16.3. The molecule has 128 valence electrons. The number of ketones is 1. The molecule has 0 aromatic heterocycles. The van der Waals surface area contributed by atoms with Gasteiger partial charge in [0, 0.05) is 5.92 Å². The third kappa shape index (κ3) is 1.98. The molecule has 4 heteroatoms. The summed E-state index contributed by atoms with van der Waals surface area (Å²) >= 11 is 0. The highest BCUT2D eigenvalue weighted by molar-refractivity contribution is 5.94. The van der Waals surface area contributed by atoms with Gasteiger partial charge in [-0.3, -0.25) is 4.79 Å². The summed E-state index contributed by atoms with van der Waals surface area (Å²) in [5.74, 6) is 0.441. The summed E-state index contributed by atoms with van der Waals surface area (Å²) in [5.41, 5.74) is 0.786. The Kier molecular flexibility index (Phi) is 3.37. The summed E-state index contributed by atoms with van der Waals surface area (Å²) in [6.45, 7) is 4.31. The van der Waals surface area contributed by atoms with Gasteiger partial charge < -0.3 is 15.3 Å². The molecule has 0 amide bonds. The van der Waals surface area contributed by atoms with Gasteiger partial charge in [-0.1, -0.05) is 19.4 Å². The van der Waals surface area contributed by atoms with Crippen LogP contribution < -0.4 is 0 Å². The molecule has 0 saturated heterocycles. The van der Waals surface area contributed by atoms with E-state index in [4.69, 9.17) is 0 Å². The Hall–Kier alpha value is -0.710. The van der Waals surface area contributed by atoms with Crippen molar-refractivity contribution in [3.8, 4) is 0 Å². The van der Waals surface area contributed by atoms with Gasteiger partial charge >= 0.3 is 0 Å². The zero-order valence-corrected chi connectivity index (χ0v) is 14.0. The van der Waals surface area contributed by atoms with Crippen molar-refractivity contribution in [2.75, 3.05) is 0 Å². The third-order valence-corrected chi connectivity index (χ3v) is 7.89. The maximum Gasteiger partial charge on any atom is 0.159 e. The van der Waals surface area contributed by atoms with Crippen molar-refractivity contribution in [3.63, 3.8) is 0 Å².